The molecule has 0 aliphatic heterocycles. The summed E-state index contributed by atoms with van der Waals surface area (Å²) in [6.45, 7) is 6.68. The van der Waals surface area contributed by atoms with Crippen molar-refractivity contribution in [3.8, 4) is 0 Å². The molecule has 2 amide bonds. The van der Waals surface area contributed by atoms with E-state index in [9.17, 15) is 9.59 Å². The van der Waals surface area contributed by atoms with Crippen molar-refractivity contribution in [2.45, 2.75) is 32.2 Å². The van der Waals surface area contributed by atoms with Crippen LogP contribution in [-0.2, 0) is 10.2 Å². The van der Waals surface area contributed by atoms with Crippen LogP contribution in [0.3, 0.4) is 0 Å². The van der Waals surface area contributed by atoms with Crippen molar-refractivity contribution in [1.29, 1.82) is 0 Å². The standard InChI is InChI=1S/C23H30ClN3O2/c1-23(2,3)17-12-10-16(11-13-17)22(29)26-15-21(28)25-14-20(27(4)5)18-8-6-7-9-19(18)24/h6-13,20H,14-15H2,1-5H3,(H,25,28)(H,26,29). The number of likely N-dealkylation sites (N-methyl/N-ethyl adjacent to an activating group) is 1. The second kappa shape index (κ2) is 9.90. The zero-order chi connectivity index (χ0) is 21.6. The van der Waals surface area contributed by atoms with Crippen LogP contribution in [0.1, 0.15) is 48.3 Å². The van der Waals surface area contributed by atoms with E-state index in [0.29, 0.717) is 17.1 Å². The van der Waals surface area contributed by atoms with Gasteiger partial charge >= 0.3 is 0 Å². The molecule has 0 radical (unpaired) electrons. The zero-order valence-electron chi connectivity index (χ0n) is 17.8. The monoisotopic (exact) mass is 415 g/mol. The van der Waals surface area contributed by atoms with Gasteiger partial charge < -0.3 is 15.5 Å². The second-order valence-electron chi connectivity index (χ2n) is 8.32. The Kier molecular flexibility index (Phi) is 7.82. The lowest BCUT2D eigenvalue weighted by atomic mass is 9.87. The first-order chi connectivity index (χ1) is 13.6. The fraction of sp³-hybridized carbons (Fsp3) is 0.391. The Morgan fingerprint density at radius 2 is 1.62 bits per heavy atom. The number of nitrogens with one attached hydrogen (secondary N) is 2. The molecule has 0 heterocycles. The van der Waals surface area contributed by atoms with Crippen molar-refractivity contribution < 1.29 is 9.59 Å². The van der Waals surface area contributed by atoms with E-state index in [1.807, 2.05) is 55.4 Å². The van der Waals surface area contributed by atoms with Crippen LogP contribution >= 0.6 is 11.6 Å². The highest BCUT2D eigenvalue weighted by Gasteiger charge is 2.18. The van der Waals surface area contributed by atoms with E-state index in [-0.39, 0.29) is 29.8 Å². The van der Waals surface area contributed by atoms with Gasteiger partial charge in [0.2, 0.25) is 5.91 Å². The molecule has 0 aromatic heterocycles. The fourth-order valence-corrected chi connectivity index (χ4v) is 3.23. The van der Waals surface area contributed by atoms with Crippen LogP contribution in [-0.4, -0.2) is 43.9 Å². The van der Waals surface area contributed by atoms with Crippen LogP contribution in [0.15, 0.2) is 48.5 Å². The minimum atomic E-state index is -0.268. The summed E-state index contributed by atoms with van der Waals surface area (Å²) in [5.74, 6) is -0.514. The summed E-state index contributed by atoms with van der Waals surface area (Å²) in [5, 5.41) is 6.20. The first-order valence-electron chi connectivity index (χ1n) is 9.66. The smallest absolute Gasteiger partial charge is 0.251 e. The predicted octanol–water partition coefficient (Wildman–Crippen LogP) is 3.79. The molecular weight excluding hydrogens is 386 g/mol. The Morgan fingerprint density at radius 3 is 2.17 bits per heavy atom. The number of hydrogen-bond acceptors (Lipinski definition) is 3. The summed E-state index contributed by atoms with van der Waals surface area (Å²) in [7, 11) is 3.87. The maximum Gasteiger partial charge on any atom is 0.251 e. The highest BCUT2D eigenvalue weighted by atomic mass is 35.5. The molecule has 0 spiro atoms. The van der Waals surface area contributed by atoms with Crippen LogP contribution in [0.4, 0.5) is 0 Å². The van der Waals surface area contributed by atoms with E-state index in [4.69, 9.17) is 11.6 Å². The number of carbonyl (C=O) groups excluding carboxylic acids is 2. The van der Waals surface area contributed by atoms with E-state index in [1.165, 1.54) is 0 Å². The van der Waals surface area contributed by atoms with Crippen LogP contribution in [0.2, 0.25) is 5.02 Å². The first kappa shape index (κ1) is 22.9. The average molecular weight is 416 g/mol. The minimum Gasteiger partial charge on any atom is -0.353 e. The molecule has 156 valence electrons. The quantitative estimate of drug-likeness (QED) is 0.723. The third-order valence-corrected chi connectivity index (χ3v) is 5.15. The highest BCUT2D eigenvalue weighted by molar-refractivity contribution is 6.31. The van der Waals surface area contributed by atoms with Crippen LogP contribution in [0.25, 0.3) is 0 Å². The second-order valence-corrected chi connectivity index (χ2v) is 8.72. The SMILES string of the molecule is CN(C)C(CNC(=O)CNC(=O)c1ccc(C(C)(C)C)cc1)c1ccccc1Cl. The van der Waals surface area contributed by atoms with Gasteiger partial charge in [0.15, 0.2) is 0 Å². The molecule has 2 rings (SSSR count). The van der Waals surface area contributed by atoms with Crippen molar-refractivity contribution in [3.05, 3.63) is 70.2 Å². The van der Waals surface area contributed by atoms with Crippen molar-refractivity contribution in [1.82, 2.24) is 15.5 Å². The molecule has 0 saturated heterocycles. The summed E-state index contributed by atoms with van der Waals surface area (Å²) in [6.07, 6.45) is 0. The van der Waals surface area contributed by atoms with Crippen LogP contribution < -0.4 is 10.6 Å². The van der Waals surface area contributed by atoms with E-state index >= 15 is 0 Å². The van der Waals surface area contributed by atoms with E-state index in [2.05, 4.69) is 31.4 Å². The third kappa shape index (κ3) is 6.58. The Balaban J connectivity index is 1.89. The minimum absolute atomic E-state index is 0.0273. The summed E-state index contributed by atoms with van der Waals surface area (Å²) in [6, 6.07) is 15.0. The van der Waals surface area contributed by atoms with Crippen molar-refractivity contribution in [2.75, 3.05) is 27.2 Å². The van der Waals surface area contributed by atoms with Crippen molar-refractivity contribution in [2.24, 2.45) is 0 Å². The van der Waals surface area contributed by atoms with Gasteiger partial charge in [-0.05, 0) is 48.8 Å². The number of hydrogen-bond donors (Lipinski definition) is 2. The van der Waals surface area contributed by atoms with Crippen LogP contribution in [0, 0.1) is 0 Å². The Hall–Kier alpha value is -2.37. The lowest BCUT2D eigenvalue weighted by molar-refractivity contribution is -0.120. The number of carbonyl (C=O) groups is 2. The van der Waals surface area contributed by atoms with Gasteiger partial charge in [0, 0.05) is 17.1 Å². The zero-order valence-corrected chi connectivity index (χ0v) is 18.5. The number of nitrogens with zero attached hydrogens (tertiary/aromatic N) is 1. The molecular formula is C23H30ClN3O2. The molecule has 5 nitrogen and oxygen atoms in total. The van der Waals surface area contributed by atoms with Gasteiger partial charge in [-0.1, -0.05) is 62.7 Å². The largest absolute Gasteiger partial charge is 0.353 e. The molecule has 0 bridgehead atoms. The molecule has 0 fully saturated rings. The number of benzene rings is 2. The summed E-state index contributed by atoms with van der Waals surface area (Å²) >= 11 is 6.29. The lowest BCUT2D eigenvalue weighted by Gasteiger charge is -2.26. The van der Waals surface area contributed by atoms with Gasteiger partial charge in [0.05, 0.1) is 12.6 Å². The topological polar surface area (TPSA) is 61.4 Å². The molecule has 0 aliphatic rings. The molecule has 0 aliphatic carbocycles. The fourth-order valence-electron chi connectivity index (χ4n) is 2.97. The maximum atomic E-state index is 12.3. The van der Waals surface area contributed by atoms with Gasteiger partial charge in [-0.3, -0.25) is 9.59 Å². The first-order valence-corrected chi connectivity index (χ1v) is 10.0. The van der Waals surface area contributed by atoms with Crippen LogP contribution in [0.5, 0.6) is 0 Å². The van der Waals surface area contributed by atoms with Gasteiger partial charge in [-0.2, -0.15) is 0 Å². The Labute approximate surface area is 178 Å². The van der Waals surface area contributed by atoms with E-state index in [1.54, 1.807) is 12.1 Å². The van der Waals surface area contributed by atoms with Gasteiger partial charge in [-0.25, -0.2) is 0 Å². The maximum absolute atomic E-state index is 12.3. The molecule has 1 unspecified atom stereocenters. The highest BCUT2D eigenvalue weighted by Crippen LogP contribution is 2.25. The van der Waals surface area contributed by atoms with E-state index < -0.39 is 0 Å². The average Bonchev–Trinajstić information content (AvgIpc) is 2.66. The summed E-state index contributed by atoms with van der Waals surface area (Å²) < 4.78 is 0. The molecule has 0 saturated carbocycles. The molecule has 2 N–H and O–H groups in total. The van der Waals surface area contributed by atoms with Gasteiger partial charge in [0.25, 0.3) is 5.91 Å². The Morgan fingerprint density at radius 1 is 1.00 bits per heavy atom. The summed E-state index contributed by atoms with van der Waals surface area (Å²) in [4.78, 5) is 26.5. The normalized spacial score (nSPS) is 12.5. The number of halogens is 1. The van der Waals surface area contributed by atoms with Crippen molar-refractivity contribution in [3.63, 3.8) is 0 Å². The lowest BCUT2D eigenvalue weighted by Crippen LogP contribution is -2.40. The van der Waals surface area contributed by atoms with Crippen molar-refractivity contribution >= 4 is 23.4 Å². The number of amides is 2. The van der Waals surface area contributed by atoms with Gasteiger partial charge in [-0.15, -0.1) is 0 Å². The van der Waals surface area contributed by atoms with E-state index in [0.717, 1.165) is 11.1 Å². The van der Waals surface area contributed by atoms with Gasteiger partial charge in [0.1, 0.15) is 0 Å². The molecule has 6 heteroatoms. The molecule has 2 aromatic carbocycles. The molecule has 1 atom stereocenters. The predicted molar refractivity (Wildman–Crippen MR) is 118 cm³/mol. The number of rotatable bonds is 7. The third-order valence-electron chi connectivity index (χ3n) is 4.80. The Bertz CT molecular complexity index is 842. The summed E-state index contributed by atoms with van der Waals surface area (Å²) in [5.41, 5.74) is 2.66. The molecule has 29 heavy (non-hydrogen) atoms. The molecule has 2 aromatic rings.